The molecule has 0 bridgehead atoms. The zero-order chi connectivity index (χ0) is 35.2. The summed E-state index contributed by atoms with van der Waals surface area (Å²) in [7, 11) is 0. The fraction of sp³-hybridized carbons (Fsp3) is 0.846. The Hall–Kier alpha value is -1.50. The molecule has 6 unspecified atom stereocenters. The van der Waals surface area contributed by atoms with Crippen LogP contribution >= 0.6 is 0 Å². The summed E-state index contributed by atoms with van der Waals surface area (Å²) < 4.78 is 46.0. The van der Waals surface area contributed by atoms with Crippen molar-refractivity contribution in [3.63, 3.8) is 0 Å². The molecule has 2 heterocycles. The molecule has 2 N–H and O–H groups in total. The highest BCUT2D eigenvalue weighted by atomic mass is 16.6. The van der Waals surface area contributed by atoms with Crippen LogP contribution in [0, 0.1) is 5.92 Å². The van der Waals surface area contributed by atoms with Gasteiger partial charge in [0.25, 0.3) is 0 Å². The summed E-state index contributed by atoms with van der Waals surface area (Å²) in [5.41, 5.74) is -0.0757. The molecule has 0 amide bonds. The molecular weight excluding hydrogens is 628 g/mol. The van der Waals surface area contributed by atoms with E-state index in [1.165, 1.54) is 0 Å². The molecule has 1 aromatic rings. The molecule has 0 radical (unpaired) electrons. The Balaban J connectivity index is 1.21. The molecule has 2 aliphatic heterocycles. The Kier molecular flexibility index (Phi) is 21.1. The van der Waals surface area contributed by atoms with Gasteiger partial charge in [-0.3, -0.25) is 0 Å². The molecule has 2 fully saturated rings. The van der Waals surface area contributed by atoms with Crippen molar-refractivity contribution in [2.45, 2.75) is 141 Å². The maximum atomic E-state index is 11.0. The summed E-state index contributed by atoms with van der Waals surface area (Å²) >= 11 is 0. The smallest absolute Gasteiger partial charge is 0.123 e. The van der Waals surface area contributed by atoms with Gasteiger partial charge in [0.05, 0.1) is 50.3 Å². The van der Waals surface area contributed by atoms with Crippen molar-refractivity contribution in [3.8, 4) is 11.5 Å². The second kappa shape index (κ2) is 24.6. The zero-order valence-electron chi connectivity index (χ0n) is 31.0. The Bertz CT molecular complexity index is 957. The van der Waals surface area contributed by atoms with Crippen LogP contribution in [0.25, 0.3) is 0 Å². The van der Waals surface area contributed by atoms with Crippen molar-refractivity contribution in [1.29, 1.82) is 0 Å². The van der Waals surface area contributed by atoms with Crippen LogP contribution in [0.3, 0.4) is 0 Å². The molecule has 2 saturated heterocycles. The summed E-state index contributed by atoms with van der Waals surface area (Å²) in [6.07, 6.45) is 11.5. The van der Waals surface area contributed by atoms with Gasteiger partial charge >= 0.3 is 0 Å². The van der Waals surface area contributed by atoms with Gasteiger partial charge in [0.1, 0.15) is 36.9 Å². The van der Waals surface area contributed by atoms with Gasteiger partial charge in [0.15, 0.2) is 0 Å². The molecule has 1 aromatic carbocycles. The van der Waals surface area contributed by atoms with Crippen LogP contribution in [-0.2, 0) is 28.4 Å². The molecule has 284 valence electrons. The maximum Gasteiger partial charge on any atom is 0.123 e. The highest BCUT2D eigenvalue weighted by Gasteiger charge is 2.34. The first kappa shape index (κ1) is 41.9. The number of hydrogen-bond acceptors (Lipinski definition) is 10. The largest absolute Gasteiger partial charge is 0.491 e. The van der Waals surface area contributed by atoms with Crippen LogP contribution in [0.4, 0.5) is 0 Å². The van der Waals surface area contributed by atoms with Crippen LogP contribution < -0.4 is 9.47 Å². The first-order chi connectivity index (χ1) is 23.8. The van der Waals surface area contributed by atoms with Crippen molar-refractivity contribution in [2.24, 2.45) is 5.92 Å². The topological polar surface area (TPSA) is 118 Å². The van der Waals surface area contributed by atoms with E-state index in [4.69, 9.17) is 37.9 Å². The second-order valence-electron chi connectivity index (χ2n) is 14.1. The Morgan fingerprint density at radius 1 is 0.837 bits per heavy atom. The third kappa shape index (κ3) is 18.5. The lowest BCUT2D eigenvalue weighted by Crippen LogP contribution is -2.36. The molecule has 6 atom stereocenters. The van der Waals surface area contributed by atoms with Crippen molar-refractivity contribution < 1.29 is 48.1 Å². The van der Waals surface area contributed by atoms with Gasteiger partial charge in [-0.05, 0) is 64.5 Å². The average molecular weight is 697 g/mol. The minimum Gasteiger partial charge on any atom is -0.491 e. The third-order valence-corrected chi connectivity index (χ3v) is 9.52. The predicted octanol–water partition coefficient (Wildman–Crippen LogP) is 6.51. The van der Waals surface area contributed by atoms with Gasteiger partial charge in [0, 0.05) is 44.8 Å². The van der Waals surface area contributed by atoms with Gasteiger partial charge in [-0.25, -0.2) is 0 Å². The van der Waals surface area contributed by atoms with Gasteiger partial charge in [-0.1, -0.05) is 52.0 Å². The van der Waals surface area contributed by atoms with E-state index in [2.05, 4.69) is 20.8 Å². The van der Waals surface area contributed by atoms with Crippen molar-refractivity contribution in [2.75, 3.05) is 66.1 Å². The van der Waals surface area contributed by atoms with Crippen LogP contribution in [0.1, 0.15) is 105 Å². The first-order valence-corrected chi connectivity index (χ1v) is 19.2. The van der Waals surface area contributed by atoms with Gasteiger partial charge in [-0.15, -0.1) is 0 Å². The summed E-state index contributed by atoms with van der Waals surface area (Å²) in [6, 6.07) is 7.30. The van der Waals surface area contributed by atoms with Gasteiger partial charge in [-0.2, -0.15) is 0 Å². The minimum atomic E-state index is -0.722. The standard InChI is InChI=1S/C39H68O10/c1-5-16-37(31(3)44-20-12-8-9-13-21-45-36-27-43-28-36)38(41)30-48-34-18-15-17-33(23-34)46-26-32(40)25-42-19-11-7-10-14-22-49-39(4,6-2)24-35-29-47-35/h15,17-18,23,31-32,35-38,40-41H,5-14,16,19-22,24-30H2,1-4H3. The minimum absolute atomic E-state index is 0.0126. The number of hydrogen-bond donors (Lipinski definition) is 2. The van der Waals surface area contributed by atoms with Crippen molar-refractivity contribution >= 4 is 0 Å². The number of aliphatic hydroxyl groups is 2. The average Bonchev–Trinajstić information content (AvgIpc) is 3.90. The number of aliphatic hydroxyl groups excluding tert-OH is 2. The highest BCUT2D eigenvalue weighted by molar-refractivity contribution is 5.33. The lowest BCUT2D eigenvalue weighted by Gasteiger charge is -2.28. The molecule has 3 rings (SSSR count). The SMILES string of the molecule is CCCC(C(O)COc1cccc(OCC(O)COCCCCCCOC(C)(CC)CC2CO2)c1)C(C)OCCCCCCOC1COC1. The van der Waals surface area contributed by atoms with Crippen LogP contribution in [0.5, 0.6) is 11.5 Å². The normalized spacial score (nSPS) is 19.8. The quantitative estimate of drug-likeness (QED) is 0.0638. The maximum absolute atomic E-state index is 11.0. The summed E-state index contributed by atoms with van der Waals surface area (Å²) in [5.74, 6) is 1.20. The molecule has 0 aliphatic carbocycles. The number of epoxide rings is 1. The Morgan fingerprint density at radius 2 is 1.49 bits per heavy atom. The molecule has 0 saturated carbocycles. The Labute approximate surface area is 296 Å². The molecule has 10 heteroatoms. The number of rotatable bonds is 32. The van der Waals surface area contributed by atoms with Crippen LogP contribution in [0.15, 0.2) is 24.3 Å². The fourth-order valence-corrected chi connectivity index (χ4v) is 5.95. The van der Waals surface area contributed by atoms with E-state index in [0.29, 0.717) is 36.9 Å². The second-order valence-corrected chi connectivity index (χ2v) is 14.1. The molecule has 2 aliphatic rings. The third-order valence-electron chi connectivity index (χ3n) is 9.52. The van der Waals surface area contributed by atoms with Gasteiger partial charge < -0.3 is 48.1 Å². The van der Waals surface area contributed by atoms with Crippen molar-refractivity contribution in [1.82, 2.24) is 0 Å². The van der Waals surface area contributed by atoms with Crippen LogP contribution in [-0.4, -0.2) is 112 Å². The van der Waals surface area contributed by atoms with Crippen LogP contribution in [0.2, 0.25) is 0 Å². The number of benzene rings is 1. The monoisotopic (exact) mass is 696 g/mol. The molecular formula is C39H68O10. The Morgan fingerprint density at radius 3 is 2.12 bits per heavy atom. The van der Waals surface area contributed by atoms with E-state index in [9.17, 15) is 10.2 Å². The molecule has 49 heavy (non-hydrogen) atoms. The summed E-state index contributed by atoms with van der Waals surface area (Å²) in [5, 5.41) is 21.4. The van der Waals surface area contributed by atoms with E-state index < -0.39 is 12.2 Å². The number of unbranched alkanes of at least 4 members (excludes halogenated alkanes) is 6. The van der Waals surface area contributed by atoms with Crippen molar-refractivity contribution in [3.05, 3.63) is 24.3 Å². The zero-order valence-corrected chi connectivity index (χ0v) is 31.0. The molecule has 0 aromatic heterocycles. The van der Waals surface area contributed by atoms with E-state index in [0.717, 1.165) is 110 Å². The van der Waals surface area contributed by atoms with E-state index in [1.807, 2.05) is 25.1 Å². The molecule has 10 nitrogen and oxygen atoms in total. The summed E-state index contributed by atoms with van der Waals surface area (Å²) in [6.45, 7) is 14.3. The van der Waals surface area contributed by atoms with E-state index in [-0.39, 0.29) is 37.4 Å². The van der Waals surface area contributed by atoms with E-state index in [1.54, 1.807) is 6.07 Å². The predicted molar refractivity (Wildman–Crippen MR) is 191 cm³/mol. The lowest BCUT2D eigenvalue weighted by atomic mass is 9.92. The highest BCUT2D eigenvalue weighted by Crippen LogP contribution is 2.29. The summed E-state index contributed by atoms with van der Waals surface area (Å²) in [4.78, 5) is 0. The van der Waals surface area contributed by atoms with Gasteiger partial charge in [0.2, 0.25) is 0 Å². The number of ether oxygens (including phenoxy) is 8. The van der Waals surface area contributed by atoms with E-state index >= 15 is 0 Å². The first-order valence-electron chi connectivity index (χ1n) is 19.2. The molecule has 0 spiro atoms. The fourth-order valence-electron chi connectivity index (χ4n) is 5.95. The lowest BCUT2D eigenvalue weighted by molar-refractivity contribution is -0.129.